The number of fused-ring (bicyclic) bond motifs is 4. The number of piperidine rings is 2. The number of para-hydroxylation sites is 1. The molecular weight excluding hydrogens is 328 g/mol. The first kappa shape index (κ1) is 15.4. The Morgan fingerprint density at radius 1 is 1.31 bits per heavy atom. The van der Waals surface area contributed by atoms with Gasteiger partial charge in [-0.3, -0.25) is 9.69 Å². The van der Waals surface area contributed by atoms with E-state index in [1.54, 1.807) is 0 Å². The largest absolute Gasteiger partial charge is 0.392 e. The normalized spacial score (nSPS) is 44.4. The van der Waals surface area contributed by atoms with E-state index < -0.39 is 6.10 Å². The number of aliphatic hydroxyl groups excluding tert-OH is 2. The van der Waals surface area contributed by atoms with E-state index in [9.17, 15) is 15.0 Å². The van der Waals surface area contributed by atoms with Gasteiger partial charge in [-0.2, -0.15) is 0 Å². The smallest absolute Gasteiger partial charge is 0.229 e. The van der Waals surface area contributed by atoms with E-state index >= 15 is 0 Å². The van der Waals surface area contributed by atoms with Crippen LogP contribution in [0.4, 0.5) is 5.69 Å². The monoisotopic (exact) mass is 352 g/mol. The Labute approximate surface area is 152 Å². The molecule has 2 bridgehead atoms. The molecule has 1 aromatic rings. The highest BCUT2D eigenvalue weighted by Crippen LogP contribution is 2.64. The fraction of sp³-hybridized carbons (Fsp3) is 0.571. The molecule has 1 aromatic carbocycles. The summed E-state index contributed by atoms with van der Waals surface area (Å²) in [4.78, 5) is 17.6. The van der Waals surface area contributed by atoms with E-state index in [0.29, 0.717) is 6.04 Å². The Kier molecular flexibility index (Phi) is 2.94. The van der Waals surface area contributed by atoms with Gasteiger partial charge in [-0.1, -0.05) is 29.8 Å². The molecule has 1 aliphatic carbocycles. The van der Waals surface area contributed by atoms with Crippen molar-refractivity contribution >= 4 is 11.6 Å². The van der Waals surface area contributed by atoms with Gasteiger partial charge in [0.15, 0.2) is 0 Å². The highest BCUT2D eigenvalue weighted by atomic mass is 16.3. The number of hydrogen-bond donors (Lipinski definition) is 2. The number of carbonyl (C=O) groups excluding carboxylic acids is 1. The quantitative estimate of drug-likeness (QED) is 0.742. The third-order valence-electron chi connectivity index (χ3n) is 7.94. The molecule has 1 saturated carbocycles. The number of anilines is 1. The number of hydrogen-bond acceptors (Lipinski definition) is 4. The van der Waals surface area contributed by atoms with Gasteiger partial charge >= 0.3 is 0 Å². The van der Waals surface area contributed by atoms with Crippen LogP contribution >= 0.6 is 0 Å². The van der Waals surface area contributed by atoms with E-state index in [0.717, 1.165) is 31.6 Å². The van der Waals surface area contributed by atoms with Crippen molar-refractivity contribution < 1.29 is 15.0 Å². The maximum absolute atomic E-state index is 13.0. The van der Waals surface area contributed by atoms with Crippen molar-refractivity contribution in [3.05, 3.63) is 41.5 Å². The number of carbonyl (C=O) groups is 1. The molecule has 1 spiro atoms. The molecule has 0 aromatic heterocycles. The molecule has 6 rings (SSSR count). The molecule has 6 atom stereocenters. The first-order valence-electron chi connectivity index (χ1n) is 9.80. The molecule has 0 unspecified atom stereocenters. The molecule has 2 N–H and O–H groups in total. The summed E-state index contributed by atoms with van der Waals surface area (Å²) < 4.78 is 0. The summed E-state index contributed by atoms with van der Waals surface area (Å²) in [7, 11) is 0. The lowest BCUT2D eigenvalue weighted by Crippen LogP contribution is -2.69. The maximum atomic E-state index is 13.0. The summed E-state index contributed by atoms with van der Waals surface area (Å²) >= 11 is 0. The standard InChI is InChI=1S/C21H24N2O3/c24-8-5-12-11-22-7-6-21-14-3-1-2-4-15(14)23-18(26)10-16(25)19(20(21)23)13(12)9-17(21)22/h1-5,13,16-17,19-20,24-25H,6-11H2/t13-,16+,17-,19+,20+,21-/m0/s1. The van der Waals surface area contributed by atoms with Crippen molar-refractivity contribution in [3.8, 4) is 0 Å². The summed E-state index contributed by atoms with van der Waals surface area (Å²) in [5.41, 5.74) is 3.60. The molecule has 26 heavy (non-hydrogen) atoms. The molecule has 4 heterocycles. The minimum Gasteiger partial charge on any atom is -0.392 e. The minimum absolute atomic E-state index is 0.0421. The van der Waals surface area contributed by atoms with Crippen molar-refractivity contribution in [1.29, 1.82) is 0 Å². The van der Waals surface area contributed by atoms with Crippen LogP contribution in [0.15, 0.2) is 35.9 Å². The molecule has 5 aliphatic rings. The van der Waals surface area contributed by atoms with Crippen molar-refractivity contribution in [1.82, 2.24) is 4.90 Å². The predicted molar refractivity (Wildman–Crippen MR) is 96.8 cm³/mol. The fourth-order valence-electron chi connectivity index (χ4n) is 7.20. The van der Waals surface area contributed by atoms with E-state index in [4.69, 9.17) is 0 Å². The lowest BCUT2D eigenvalue weighted by atomic mass is 9.53. The van der Waals surface area contributed by atoms with Gasteiger partial charge < -0.3 is 15.1 Å². The van der Waals surface area contributed by atoms with Crippen molar-refractivity contribution in [3.63, 3.8) is 0 Å². The van der Waals surface area contributed by atoms with Gasteiger partial charge in [-0.15, -0.1) is 0 Å². The van der Waals surface area contributed by atoms with Crippen LogP contribution in [0.5, 0.6) is 0 Å². The maximum Gasteiger partial charge on any atom is 0.229 e. The second-order valence-corrected chi connectivity index (χ2v) is 8.65. The summed E-state index contributed by atoms with van der Waals surface area (Å²) in [6.07, 6.45) is 3.64. The zero-order chi connectivity index (χ0) is 17.6. The third kappa shape index (κ3) is 1.57. The Morgan fingerprint density at radius 3 is 3.00 bits per heavy atom. The summed E-state index contributed by atoms with van der Waals surface area (Å²) in [5, 5.41) is 20.5. The van der Waals surface area contributed by atoms with Crippen LogP contribution in [0.25, 0.3) is 0 Å². The van der Waals surface area contributed by atoms with Crippen LogP contribution in [0.2, 0.25) is 0 Å². The van der Waals surface area contributed by atoms with Gasteiger partial charge in [0, 0.05) is 29.6 Å². The fourth-order valence-corrected chi connectivity index (χ4v) is 7.20. The lowest BCUT2D eigenvalue weighted by Gasteiger charge is -2.58. The van der Waals surface area contributed by atoms with Crippen LogP contribution in [-0.2, 0) is 10.2 Å². The topological polar surface area (TPSA) is 64.0 Å². The van der Waals surface area contributed by atoms with Gasteiger partial charge in [-0.05, 0) is 36.9 Å². The average Bonchev–Trinajstić information content (AvgIpc) is 3.17. The number of rotatable bonds is 1. The highest BCUT2D eigenvalue weighted by molar-refractivity contribution is 5.99. The highest BCUT2D eigenvalue weighted by Gasteiger charge is 2.70. The van der Waals surface area contributed by atoms with Crippen LogP contribution in [-0.4, -0.2) is 58.9 Å². The molecule has 5 heteroatoms. The van der Waals surface area contributed by atoms with Crippen molar-refractivity contribution in [2.75, 3.05) is 24.6 Å². The minimum atomic E-state index is -0.588. The summed E-state index contributed by atoms with van der Waals surface area (Å²) in [5.74, 6) is 0.392. The number of aliphatic hydroxyl groups is 2. The molecule has 136 valence electrons. The zero-order valence-corrected chi connectivity index (χ0v) is 14.7. The second kappa shape index (κ2) is 4.97. The average molecular weight is 352 g/mol. The van der Waals surface area contributed by atoms with Crippen LogP contribution in [0.3, 0.4) is 0 Å². The van der Waals surface area contributed by atoms with Gasteiger partial charge in [0.25, 0.3) is 0 Å². The van der Waals surface area contributed by atoms with E-state index in [1.807, 2.05) is 17.0 Å². The zero-order valence-electron chi connectivity index (χ0n) is 14.7. The number of nitrogens with zero attached hydrogens (tertiary/aromatic N) is 2. The Bertz CT molecular complexity index is 836. The summed E-state index contributed by atoms with van der Waals surface area (Å²) in [6, 6.07) is 8.90. The Morgan fingerprint density at radius 2 is 2.15 bits per heavy atom. The molecule has 4 aliphatic heterocycles. The molecule has 5 nitrogen and oxygen atoms in total. The molecule has 3 saturated heterocycles. The van der Waals surface area contributed by atoms with E-state index in [1.165, 1.54) is 11.1 Å². The van der Waals surface area contributed by atoms with E-state index in [2.05, 4.69) is 23.1 Å². The first-order chi connectivity index (χ1) is 12.7. The van der Waals surface area contributed by atoms with Crippen LogP contribution in [0.1, 0.15) is 24.8 Å². The first-order valence-corrected chi connectivity index (χ1v) is 9.80. The van der Waals surface area contributed by atoms with Gasteiger partial charge in [0.05, 0.1) is 25.2 Å². The molecule has 1 amide bonds. The summed E-state index contributed by atoms with van der Waals surface area (Å²) in [6.45, 7) is 1.96. The third-order valence-corrected chi connectivity index (χ3v) is 7.94. The number of benzene rings is 1. The van der Waals surface area contributed by atoms with Crippen molar-refractivity contribution in [2.24, 2.45) is 11.8 Å². The van der Waals surface area contributed by atoms with Gasteiger partial charge in [0.1, 0.15) is 0 Å². The number of amides is 1. The van der Waals surface area contributed by atoms with Crippen LogP contribution < -0.4 is 4.90 Å². The SMILES string of the molecule is O=C1C[C@@H](O)[C@H]2[C@H]3C[C@@H]4N(CC[C@]45c4ccccc4N1[C@H]25)CC3=CCO. The Hall–Kier alpha value is -1.69. The molecule has 0 radical (unpaired) electrons. The predicted octanol–water partition coefficient (Wildman–Crippen LogP) is 1.05. The Balaban J connectivity index is 1.61. The van der Waals surface area contributed by atoms with Gasteiger partial charge in [-0.25, -0.2) is 0 Å². The van der Waals surface area contributed by atoms with Crippen LogP contribution in [0, 0.1) is 11.8 Å². The van der Waals surface area contributed by atoms with Crippen molar-refractivity contribution in [2.45, 2.75) is 42.9 Å². The van der Waals surface area contributed by atoms with E-state index in [-0.39, 0.29) is 42.2 Å². The second-order valence-electron chi connectivity index (χ2n) is 8.65. The lowest BCUT2D eigenvalue weighted by molar-refractivity contribution is -0.129. The molecular formula is C21H24N2O3. The van der Waals surface area contributed by atoms with Gasteiger partial charge in [0.2, 0.25) is 5.91 Å². The molecule has 4 fully saturated rings.